The van der Waals surface area contributed by atoms with E-state index in [2.05, 4.69) is 10.2 Å². The van der Waals surface area contributed by atoms with Gasteiger partial charge in [0.25, 0.3) is 5.22 Å². The van der Waals surface area contributed by atoms with Gasteiger partial charge in [0.15, 0.2) is 0 Å². The van der Waals surface area contributed by atoms with E-state index in [1.807, 2.05) is 0 Å². The largest absolute Gasteiger partial charge is 0.414 e. The first kappa shape index (κ1) is 20.6. The van der Waals surface area contributed by atoms with Crippen LogP contribution in [0.3, 0.4) is 0 Å². The van der Waals surface area contributed by atoms with Gasteiger partial charge in [0, 0.05) is 37.1 Å². The Hall–Kier alpha value is -2.13. The number of nitrogens with zero attached hydrogens (tertiary/aromatic N) is 4. The lowest BCUT2D eigenvalue weighted by Gasteiger charge is -2.21. The van der Waals surface area contributed by atoms with Crippen LogP contribution in [0.2, 0.25) is 5.02 Å². The smallest absolute Gasteiger partial charge is 0.277 e. The summed E-state index contributed by atoms with van der Waals surface area (Å²) in [6.45, 7) is 2.73. The van der Waals surface area contributed by atoms with E-state index < -0.39 is 11.1 Å². The molecule has 1 fully saturated rings. The summed E-state index contributed by atoms with van der Waals surface area (Å²) in [6.07, 6.45) is 1.37. The summed E-state index contributed by atoms with van der Waals surface area (Å²) in [5, 5.41) is 7.88. The molecular formula is C18H20ClFN4O3S. The summed E-state index contributed by atoms with van der Waals surface area (Å²) in [4.78, 5) is 27.3. The van der Waals surface area contributed by atoms with Gasteiger partial charge in [0.1, 0.15) is 5.82 Å². The van der Waals surface area contributed by atoms with Crippen LogP contribution in [-0.4, -0.2) is 50.7 Å². The van der Waals surface area contributed by atoms with Gasteiger partial charge in [-0.2, -0.15) is 0 Å². The number of benzene rings is 1. The van der Waals surface area contributed by atoms with E-state index in [1.165, 1.54) is 17.0 Å². The van der Waals surface area contributed by atoms with Crippen molar-refractivity contribution in [2.75, 3.05) is 13.6 Å². The fourth-order valence-corrected chi connectivity index (χ4v) is 3.93. The molecule has 0 radical (unpaired) electrons. The number of hydrogen-bond donors (Lipinski definition) is 0. The Morgan fingerprint density at radius 2 is 2.25 bits per heavy atom. The summed E-state index contributed by atoms with van der Waals surface area (Å²) < 4.78 is 19.5. The first-order chi connectivity index (χ1) is 13.3. The molecule has 1 aliphatic rings. The maximum Gasteiger partial charge on any atom is 0.277 e. The van der Waals surface area contributed by atoms with Crippen LogP contribution in [0.15, 0.2) is 27.8 Å². The predicted molar refractivity (Wildman–Crippen MR) is 102 cm³/mol. The Kier molecular flexibility index (Phi) is 6.56. The SMILES string of the molecule is CC(Sc1nnc(CN2CCCC2=O)o1)C(=O)N(C)Cc1c(F)cccc1Cl. The number of rotatable bonds is 7. The number of amides is 2. The zero-order chi connectivity index (χ0) is 20.3. The molecule has 0 saturated carbocycles. The molecule has 1 aliphatic heterocycles. The van der Waals surface area contributed by atoms with Crippen molar-refractivity contribution in [3.8, 4) is 0 Å². The highest BCUT2D eigenvalue weighted by Crippen LogP contribution is 2.26. The van der Waals surface area contributed by atoms with Crippen LogP contribution < -0.4 is 0 Å². The molecule has 1 saturated heterocycles. The van der Waals surface area contributed by atoms with Crippen molar-refractivity contribution in [1.82, 2.24) is 20.0 Å². The molecule has 0 bridgehead atoms. The van der Waals surface area contributed by atoms with Gasteiger partial charge in [-0.05, 0) is 25.5 Å². The topological polar surface area (TPSA) is 79.5 Å². The second-order valence-electron chi connectivity index (χ2n) is 6.54. The van der Waals surface area contributed by atoms with Crippen LogP contribution in [0.4, 0.5) is 4.39 Å². The Morgan fingerprint density at radius 3 is 2.93 bits per heavy atom. The van der Waals surface area contributed by atoms with Crippen LogP contribution in [0.25, 0.3) is 0 Å². The third-order valence-corrected chi connectivity index (χ3v) is 5.68. The van der Waals surface area contributed by atoms with E-state index in [0.29, 0.717) is 18.9 Å². The Labute approximate surface area is 171 Å². The van der Waals surface area contributed by atoms with Crippen LogP contribution in [-0.2, 0) is 22.7 Å². The first-order valence-electron chi connectivity index (χ1n) is 8.80. The van der Waals surface area contributed by atoms with Crippen LogP contribution in [0.5, 0.6) is 0 Å². The summed E-state index contributed by atoms with van der Waals surface area (Å²) >= 11 is 7.14. The van der Waals surface area contributed by atoms with Crippen LogP contribution in [0, 0.1) is 5.82 Å². The summed E-state index contributed by atoms with van der Waals surface area (Å²) in [5.74, 6) is -0.266. The molecule has 0 N–H and O–H groups in total. The lowest BCUT2D eigenvalue weighted by Crippen LogP contribution is -2.33. The minimum absolute atomic E-state index is 0.0569. The monoisotopic (exact) mass is 426 g/mol. The number of likely N-dealkylation sites (tertiary alicyclic amines) is 1. The van der Waals surface area contributed by atoms with E-state index >= 15 is 0 Å². The van der Waals surface area contributed by atoms with Gasteiger partial charge in [0.2, 0.25) is 17.7 Å². The first-order valence-corrected chi connectivity index (χ1v) is 10.1. The summed E-state index contributed by atoms with van der Waals surface area (Å²) in [7, 11) is 1.58. The van der Waals surface area contributed by atoms with Crippen LogP contribution >= 0.6 is 23.4 Å². The number of carbonyl (C=O) groups is 2. The van der Waals surface area contributed by atoms with Crippen molar-refractivity contribution in [2.24, 2.45) is 0 Å². The van der Waals surface area contributed by atoms with Crippen molar-refractivity contribution in [2.45, 2.75) is 43.3 Å². The molecule has 1 atom stereocenters. The standard InChI is InChI=1S/C18H20ClFN4O3S/c1-11(17(26)23(2)9-12-13(19)5-3-6-14(12)20)28-18-22-21-15(27-18)10-24-8-4-7-16(24)25/h3,5-6,11H,4,7-10H2,1-2H3. The normalized spacial score (nSPS) is 15.1. The molecule has 2 heterocycles. The van der Waals surface area contributed by atoms with Crippen molar-refractivity contribution in [3.63, 3.8) is 0 Å². The van der Waals surface area contributed by atoms with Gasteiger partial charge in [-0.1, -0.05) is 29.4 Å². The molecule has 0 aliphatic carbocycles. The molecule has 28 heavy (non-hydrogen) atoms. The average molecular weight is 427 g/mol. The highest BCUT2D eigenvalue weighted by Gasteiger charge is 2.25. The highest BCUT2D eigenvalue weighted by molar-refractivity contribution is 8.00. The van der Waals surface area contributed by atoms with Crippen molar-refractivity contribution in [1.29, 1.82) is 0 Å². The van der Waals surface area contributed by atoms with Gasteiger partial charge in [0.05, 0.1) is 11.8 Å². The van der Waals surface area contributed by atoms with Gasteiger partial charge in [-0.25, -0.2) is 4.39 Å². The van der Waals surface area contributed by atoms with Crippen molar-refractivity contribution in [3.05, 3.63) is 40.5 Å². The quantitative estimate of drug-likeness (QED) is 0.633. The van der Waals surface area contributed by atoms with E-state index in [4.69, 9.17) is 16.0 Å². The number of hydrogen-bond acceptors (Lipinski definition) is 6. The van der Waals surface area contributed by atoms with E-state index in [-0.39, 0.29) is 40.7 Å². The Balaban J connectivity index is 1.57. The third-order valence-electron chi connectivity index (χ3n) is 4.40. The molecule has 2 aromatic rings. The fraction of sp³-hybridized carbons (Fsp3) is 0.444. The zero-order valence-corrected chi connectivity index (χ0v) is 17.1. The summed E-state index contributed by atoms with van der Waals surface area (Å²) in [6, 6.07) is 4.41. The lowest BCUT2D eigenvalue weighted by molar-refractivity contribution is -0.129. The minimum Gasteiger partial charge on any atom is -0.414 e. The summed E-state index contributed by atoms with van der Waals surface area (Å²) in [5.41, 5.74) is 0.271. The lowest BCUT2D eigenvalue weighted by atomic mass is 10.2. The number of carbonyl (C=O) groups excluding carboxylic acids is 2. The maximum absolute atomic E-state index is 13.9. The average Bonchev–Trinajstić information content (AvgIpc) is 3.27. The Morgan fingerprint density at radius 1 is 1.46 bits per heavy atom. The molecule has 1 unspecified atom stereocenters. The molecular weight excluding hydrogens is 407 g/mol. The molecule has 10 heteroatoms. The molecule has 2 amide bonds. The van der Waals surface area contributed by atoms with Crippen molar-refractivity contribution >= 4 is 35.2 Å². The van der Waals surface area contributed by atoms with Crippen LogP contribution in [0.1, 0.15) is 31.2 Å². The molecule has 3 rings (SSSR count). The van der Waals surface area contributed by atoms with E-state index in [9.17, 15) is 14.0 Å². The Bertz CT molecular complexity index is 858. The predicted octanol–water partition coefficient (Wildman–Crippen LogP) is 3.12. The highest BCUT2D eigenvalue weighted by atomic mass is 35.5. The van der Waals surface area contributed by atoms with Gasteiger partial charge in [-0.15, -0.1) is 10.2 Å². The van der Waals surface area contributed by atoms with Crippen molar-refractivity contribution < 1.29 is 18.4 Å². The second-order valence-corrected chi connectivity index (χ2v) is 8.23. The molecule has 7 nitrogen and oxygen atoms in total. The number of halogens is 2. The van der Waals surface area contributed by atoms with Gasteiger partial charge >= 0.3 is 0 Å². The van der Waals surface area contributed by atoms with Gasteiger partial charge in [-0.3, -0.25) is 9.59 Å². The number of aromatic nitrogens is 2. The zero-order valence-electron chi connectivity index (χ0n) is 15.5. The molecule has 1 aromatic heterocycles. The minimum atomic E-state index is -0.516. The van der Waals surface area contributed by atoms with Gasteiger partial charge < -0.3 is 14.2 Å². The molecule has 0 spiro atoms. The second kappa shape index (κ2) is 8.91. The number of thioether (sulfide) groups is 1. The van der Waals surface area contributed by atoms with E-state index in [1.54, 1.807) is 24.9 Å². The molecule has 150 valence electrons. The fourth-order valence-electron chi connectivity index (χ4n) is 2.89. The molecule has 1 aromatic carbocycles. The van der Waals surface area contributed by atoms with E-state index in [0.717, 1.165) is 18.2 Å². The maximum atomic E-state index is 13.9. The third kappa shape index (κ3) is 4.82.